The van der Waals surface area contributed by atoms with E-state index in [1.54, 1.807) is 14.2 Å². The van der Waals surface area contributed by atoms with Crippen molar-refractivity contribution in [1.29, 1.82) is 0 Å². The van der Waals surface area contributed by atoms with Gasteiger partial charge >= 0.3 is 0 Å². The average Bonchev–Trinajstić information content (AvgIpc) is 2.50. The minimum Gasteiger partial charge on any atom is -0.493 e. The maximum absolute atomic E-state index is 6.08. The van der Waals surface area contributed by atoms with Gasteiger partial charge in [-0.1, -0.05) is 23.7 Å². The van der Waals surface area contributed by atoms with E-state index in [-0.39, 0.29) is 0 Å². The summed E-state index contributed by atoms with van der Waals surface area (Å²) >= 11 is 9.46. The van der Waals surface area contributed by atoms with Gasteiger partial charge in [0, 0.05) is 17.6 Å². The minimum atomic E-state index is 0.723. The molecule has 0 aliphatic rings. The van der Waals surface area contributed by atoms with Crippen molar-refractivity contribution in [1.82, 2.24) is 5.32 Å². The van der Waals surface area contributed by atoms with Crippen molar-refractivity contribution < 1.29 is 9.47 Å². The summed E-state index contributed by atoms with van der Waals surface area (Å²) in [6.07, 6.45) is 0. The van der Waals surface area contributed by atoms with Crippen LogP contribution in [0.25, 0.3) is 0 Å². The average molecular weight is 371 g/mol. The van der Waals surface area contributed by atoms with Crippen molar-refractivity contribution in [3.8, 4) is 11.5 Å². The second-order valence-corrected chi connectivity index (χ2v) is 5.80. The third-order valence-electron chi connectivity index (χ3n) is 3.09. The van der Waals surface area contributed by atoms with E-state index in [2.05, 4.69) is 21.2 Å². The molecule has 21 heavy (non-hydrogen) atoms. The molecule has 0 unspecified atom stereocenters. The lowest BCUT2D eigenvalue weighted by atomic mass is 10.2. The first kappa shape index (κ1) is 16.1. The highest BCUT2D eigenvalue weighted by molar-refractivity contribution is 9.10. The Morgan fingerprint density at radius 2 is 1.57 bits per heavy atom. The number of methoxy groups -OCH3 is 2. The molecule has 0 amide bonds. The zero-order valence-electron chi connectivity index (χ0n) is 12.0. The van der Waals surface area contributed by atoms with Crippen LogP contribution in [0, 0.1) is 0 Å². The normalized spacial score (nSPS) is 10.5. The molecule has 0 atom stereocenters. The first-order valence-corrected chi connectivity index (χ1v) is 7.66. The fourth-order valence-corrected chi connectivity index (χ4v) is 2.44. The number of benzene rings is 2. The van der Waals surface area contributed by atoms with Gasteiger partial charge in [-0.3, -0.25) is 0 Å². The van der Waals surface area contributed by atoms with E-state index >= 15 is 0 Å². The summed E-state index contributed by atoms with van der Waals surface area (Å²) in [6, 6.07) is 11.8. The minimum absolute atomic E-state index is 0.723. The summed E-state index contributed by atoms with van der Waals surface area (Å²) in [5, 5.41) is 4.11. The predicted molar refractivity (Wildman–Crippen MR) is 89.2 cm³/mol. The molecule has 2 aromatic carbocycles. The van der Waals surface area contributed by atoms with Crippen LogP contribution < -0.4 is 14.8 Å². The molecule has 0 saturated carbocycles. The molecule has 0 spiro atoms. The summed E-state index contributed by atoms with van der Waals surface area (Å²) in [4.78, 5) is 0. The number of ether oxygens (including phenoxy) is 2. The topological polar surface area (TPSA) is 30.5 Å². The van der Waals surface area contributed by atoms with Crippen LogP contribution in [0.3, 0.4) is 0 Å². The van der Waals surface area contributed by atoms with Gasteiger partial charge in [-0.05, 0) is 51.3 Å². The summed E-state index contributed by atoms with van der Waals surface area (Å²) in [5.41, 5.74) is 2.28. The van der Waals surface area contributed by atoms with Crippen molar-refractivity contribution in [2.75, 3.05) is 14.2 Å². The van der Waals surface area contributed by atoms with Gasteiger partial charge in [-0.2, -0.15) is 0 Å². The number of halogens is 2. The Morgan fingerprint density at radius 1 is 0.952 bits per heavy atom. The summed E-state index contributed by atoms with van der Waals surface area (Å²) in [5.74, 6) is 1.48. The molecule has 112 valence electrons. The first-order chi connectivity index (χ1) is 10.1. The molecule has 0 fully saturated rings. The van der Waals surface area contributed by atoms with E-state index in [4.69, 9.17) is 21.1 Å². The molecular weight excluding hydrogens is 354 g/mol. The molecule has 5 heteroatoms. The van der Waals surface area contributed by atoms with Crippen molar-refractivity contribution in [2.45, 2.75) is 13.1 Å². The van der Waals surface area contributed by atoms with E-state index < -0.39 is 0 Å². The molecule has 0 saturated heterocycles. The molecule has 0 aliphatic heterocycles. The van der Waals surface area contributed by atoms with Gasteiger partial charge in [-0.25, -0.2) is 0 Å². The lowest BCUT2D eigenvalue weighted by Crippen LogP contribution is -2.12. The lowest BCUT2D eigenvalue weighted by molar-refractivity contribution is 0.354. The first-order valence-electron chi connectivity index (χ1n) is 6.49. The number of hydrogen-bond acceptors (Lipinski definition) is 3. The Labute approximate surface area is 138 Å². The van der Waals surface area contributed by atoms with Gasteiger partial charge in [0.25, 0.3) is 0 Å². The SMILES string of the molecule is COc1ccc(CNCc2ccc(Br)c(Cl)c2)cc1OC. The Hall–Kier alpha value is -1.23. The van der Waals surface area contributed by atoms with E-state index in [0.29, 0.717) is 0 Å². The quantitative estimate of drug-likeness (QED) is 0.817. The molecule has 0 aliphatic carbocycles. The van der Waals surface area contributed by atoms with E-state index in [0.717, 1.165) is 45.2 Å². The molecule has 1 N–H and O–H groups in total. The number of rotatable bonds is 6. The van der Waals surface area contributed by atoms with Crippen molar-refractivity contribution in [3.05, 3.63) is 57.0 Å². The third-order valence-corrected chi connectivity index (χ3v) is 4.32. The van der Waals surface area contributed by atoms with Gasteiger partial charge in [0.1, 0.15) is 0 Å². The standard InChI is InChI=1S/C16H17BrClNO2/c1-20-15-6-4-12(8-16(15)21-2)10-19-9-11-3-5-13(17)14(18)7-11/h3-8,19H,9-10H2,1-2H3. The maximum Gasteiger partial charge on any atom is 0.161 e. The smallest absolute Gasteiger partial charge is 0.161 e. The largest absolute Gasteiger partial charge is 0.493 e. The van der Waals surface area contributed by atoms with Crippen LogP contribution in [-0.4, -0.2) is 14.2 Å². The predicted octanol–water partition coefficient (Wildman–Crippen LogP) is 4.41. The highest BCUT2D eigenvalue weighted by Gasteiger charge is 2.04. The van der Waals surface area contributed by atoms with Crippen LogP contribution >= 0.6 is 27.5 Å². The fourth-order valence-electron chi connectivity index (χ4n) is 1.99. The molecule has 2 rings (SSSR count). The van der Waals surface area contributed by atoms with Gasteiger partial charge < -0.3 is 14.8 Å². The summed E-state index contributed by atoms with van der Waals surface area (Å²) in [7, 11) is 3.27. The van der Waals surface area contributed by atoms with Crippen LogP contribution in [0.4, 0.5) is 0 Å². The Kier molecular flexibility index (Phi) is 5.91. The summed E-state index contributed by atoms with van der Waals surface area (Å²) in [6.45, 7) is 1.50. The summed E-state index contributed by atoms with van der Waals surface area (Å²) < 4.78 is 11.4. The molecule has 3 nitrogen and oxygen atoms in total. The molecular formula is C16H17BrClNO2. The van der Waals surface area contributed by atoms with Crippen molar-refractivity contribution in [3.63, 3.8) is 0 Å². The molecule has 2 aromatic rings. The second-order valence-electron chi connectivity index (χ2n) is 4.54. The van der Waals surface area contributed by atoms with Crippen LogP contribution in [0.5, 0.6) is 11.5 Å². The molecule has 0 bridgehead atoms. The Bertz CT molecular complexity index is 619. The molecule has 0 radical (unpaired) electrons. The third kappa shape index (κ3) is 4.37. The zero-order valence-corrected chi connectivity index (χ0v) is 14.3. The molecule has 0 aromatic heterocycles. The van der Waals surface area contributed by atoms with Crippen LogP contribution in [-0.2, 0) is 13.1 Å². The maximum atomic E-state index is 6.08. The molecule has 0 heterocycles. The lowest BCUT2D eigenvalue weighted by Gasteiger charge is -2.10. The van der Waals surface area contributed by atoms with Crippen LogP contribution in [0.15, 0.2) is 40.9 Å². The van der Waals surface area contributed by atoms with E-state index in [1.165, 1.54) is 0 Å². The van der Waals surface area contributed by atoms with Crippen molar-refractivity contribution >= 4 is 27.5 Å². The van der Waals surface area contributed by atoms with Crippen molar-refractivity contribution in [2.24, 2.45) is 0 Å². The monoisotopic (exact) mass is 369 g/mol. The van der Waals surface area contributed by atoms with Gasteiger partial charge in [0.05, 0.1) is 19.2 Å². The number of hydrogen-bond donors (Lipinski definition) is 1. The van der Waals surface area contributed by atoms with Gasteiger partial charge in [-0.15, -0.1) is 0 Å². The van der Waals surface area contributed by atoms with Gasteiger partial charge in [0.15, 0.2) is 11.5 Å². The van der Waals surface area contributed by atoms with Gasteiger partial charge in [0.2, 0.25) is 0 Å². The van der Waals surface area contributed by atoms with E-state index in [9.17, 15) is 0 Å². The Morgan fingerprint density at radius 3 is 2.19 bits per heavy atom. The zero-order chi connectivity index (χ0) is 15.2. The van der Waals surface area contributed by atoms with Crippen LogP contribution in [0.2, 0.25) is 5.02 Å². The van der Waals surface area contributed by atoms with Crippen LogP contribution in [0.1, 0.15) is 11.1 Å². The highest BCUT2D eigenvalue weighted by atomic mass is 79.9. The second kappa shape index (κ2) is 7.69. The number of nitrogens with one attached hydrogen (secondary N) is 1. The Balaban J connectivity index is 1.95. The highest BCUT2D eigenvalue weighted by Crippen LogP contribution is 2.27. The van der Waals surface area contributed by atoms with E-state index in [1.807, 2.05) is 36.4 Å². The fraction of sp³-hybridized carbons (Fsp3) is 0.250.